The van der Waals surface area contributed by atoms with Gasteiger partial charge in [0.05, 0.1) is 0 Å². The lowest BCUT2D eigenvalue weighted by Crippen LogP contribution is -2.44. The molecule has 1 aliphatic heterocycles. The van der Waals surface area contributed by atoms with Crippen LogP contribution in [0.4, 0.5) is 0 Å². The Kier molecular flexibility index (Phi) is 5.32. The van der Waals surface area contributed by atoms with Crippen molar-refractivity contribution in [3.05, 3.63) is 35.9 Å². The molecule has 3 heteroatoms. The number of aldehydes is 1. The van der Waals surface area contributed by atoms with E-state index in [2.05, 4.69) is 43.0 Å². The summed E-state index contributed by atoms with van der Waals surface area (Å²) in [6, 6.07) is 10.9. The minimum atomic E-state index is -0.225. The largest absolute Gasteiger partial charge is 0.381 e. The van der Waals surface area contributed by atoms with Crippen LogP contribution in [0.5, 0.6) is 0 Å². The van der Waals surface area contributed by atoms with Gasteiger partial charge in [0.25, 0.3) is 0 Å². The Hall–Kier alpha value is -1.19. The number of hydrogen-bond donors (Lipinski definition) is 0. The summed E-state index contributed by atoms with van der Waals surface area (Å²) in [4.78, 5) is 14.0. The van der Waals surface area contributed by atoms with Crippen LogP contribution in [-0.4, -0.2) is 37.0 Å². The van der Waals surface area contributed by atoms with E-state index in [-0.39, 0.29) is 5.41 Å². The quantitative estimate of drug-likeness (QED) is 0.748. The first-order valence-electron chi connectivity index (χ1n) is 7.47. The molecule has 1 saturated heterocycles. The molecule has 0 spiro atoms. The molecule has 0 unspecified atom stereocenters. The van der Waals surface area contributed by atoms with Gasteiger partial charge in [-0.25, -0.2) is 0 Å². The predicted molar refractivity (Wildman–Crippen MR) is 80.5 cm³/mol. The van der Waals surface area contributed by atoms with Crippen molar-refractivity contribution in [2.75, 3.05) is 19.8 Å². The maximum atomic E-state index is 11.6. The SMILES string of the molecule is CC(C)N(Cc1ccccc1)CC1(C=O)CCOCC1. The average Bonchev–Trinajstić information content (AvgIpc) is 2.48. The highest BCUT2D eigenvalue weighted by molar-refractivity contribution is 5.60. The van der Waals surface area contributed by atoms with Gasteiger partial charge in [-0.15, -0.1) is 0 Å². The van der Waals surface area contributed by atoms with Crippen LogP contribution < -0.4 is 0 Å². The van der Waals surface area contributed by atoms with Crippen molar-refractivity contribution in [3.63, 3.8) is 0 Å². The highest BCUT2D eigenvalue weighted by Gasteiger charge is 2.34. The summed E-state index contributed by atoms with van der Waals surface area (Å²) in [5.74, 6) is 0. The van der Waals surface area contributed by atoms with Gasteiger partial charge >= 0.3 is 0 Å². The Morgan fingerprint density at radius 1 is 1.25 bits per heavy atom. The van der Waals surface area contributed by atoms with Crippen molar-refractivity contribution < 1.29 is 9.53 Å². The molecule has 0 N–H and O–H groups in total. The van der Waals surface area contributed by atoms with Gasteiger partial charge in [-0.3, -0.25) is 4.90 Å². The molecule has 0 radical (unpaired) electrons. The van der Waals surface area contributed by atoms with Crippen LogP contribution in [0.1, 0.15) is 32.3 Å². The molecule has 0 aromatic heterocycles. The highest BCUT2D eigenvalue weighted by atomic mass is 16.5. The van der Waals surface area contributed by atoms with E-state index in [1.54, 1.807) is 0 Å². The molecule has 0 aliphatic carbocycles. The molecule has 110 valence electrons. The molecule has 20 heavy (non-hydrogen) atoms. The van der Waals surface area contributed by atoms with Gasteiger partial charge in [0.1, 0.15) is 6.29 Å². The molecular formula is C17H25NO2. The Bertz CT molecular complexity index is 410. The van der Waals surface area contributed by atoms with E-state index in [1.165, 1.54) is 5.56 Å². The van der Waals surface area contributed by atoms with Crippen molar-refractivity contribution >= 4 is 6.29 Å². The van der Waals surface area contributed by atoms with Gasteiger partial charge in [0, 0.05) is 37.8 Å². The lowest BCUT2D eigenvalue weighted by atomic mass is 9.81. The fourth-order valence-corrected chi connectivity index (χ4v) is 2.73. The first kappa shape index (κ1) is 15.2. The third-order valence-electron chi connectivity index (χ3n) is 4.22. The summed E-state index contributed by atoms with van der Waals surface area (Å²) in [5, 5.41) is 0. The lowest BCUT2D eigenvalue weighted by molar-refractivity contribution is -0.123. The van der Waals surface area contributed by atoms with Gasteiger partial charge in [-0.05, 0) is 32.3 Å². The van der Waals surface area contributed by atoms with Crippen molar-refractivity contribution in [1.29, 1.82) is 0 Å². The second-order valence-electron chi connectivity index (χ2n) is 6.08. The molecule has 1 aliphatic rings. The standard InChI is InChI=1S/C17H25NO2/c1-15(2)18(12-16-6-4-3-5-7-16)13-17(14-19)8-10-20-11-9-17/h3-7,14-15H,8-13H2,1-2H3. The topological polar surface area (TPSA) is 29.5 Å². The van der Waals surface area contributed by atoms with Gasteiger partial charge < -0.3 is 9.53 Å². The van der Waals surface area contributed by atoms with Crippen LogP contribution in [0, 0.1) is 5.41 Å². The van der Waals surface area contributed by atoms with E-state index in [9.17, 15) is 4.79 Å². The fraction of sp³-hybridized carbons (Fsp3) is 0.588. The highest BCUT2D eigenvalue weighted by Crippen LogP contribution is 2.30. The number of carbonyl (C=O) groups is 1. The maximum Gasteiger partial charge on any atom is 0.127 e. The molecule has 0 amide bonds. The van der Waals surface area contributed by atoms with Gasteiger partial charge in [-0.1, -0.05) is 30.3 Å². The molecule has 1 aromatic rings. The minimum absolute atomic E-state index is 0.225. The summed E-state index contributed by atoms with van der Waals surface area (Å²) >= 11 is 0. The molecule has 3 nitrogen and oxygen atoms in total. The Morgan fingerprint density at radius 3 is 2.45 bits per heavy atom. The lowest BCUT2D eigenvalue weighted by Gasteiger charge is -2.38. The zero-order valence-electron chi connectivity index (χ0n) is 12.5. The number of rotatable bonds is 6. The van der Waals surface area contributed by atoms with Crippen molar-refractivity contribution in [2.24, 2.45) is 5.41 Å². The van der Waals surface area contributed by atoms with E-state index in [1.807, 2.05) is 6.07 Å². The first-order valence-corrected chi connectivity index (χ1v) is 7.47. The summed E-state index contributed by atoms with van der Waals surface area (Å²) < 4.78 is 5.41. The molecular weight excluding hydrogens is 250 g/mol. The van der Waals surface area contributed by atoms with Crippen molar-refractivity contribution in [2.45, 2.75) is 39.3 Å². The molecule has 1 aromatic carbocycles. The number of benzene rings is 1. The smallest absolute Gasteiger partial charge is 0.127 e. The van der Waals surface area contributed by atoms with Crippen LogP contribution in [0.3, 0.4) is 0 Å². The number of nitrogens with zero attached hydrogens (tertiary/aromatic N) is 1. The van der Waals surface area contributed by atoms with E-state index in [0.717, 1.165) is 32.2 Å². The second kappa shape index (κ2) is 7.00. The Morgan fingerprint density at radius 2 is 1.90 bits per heavy atom. The van der Waals surface area contributed by atoms with Crippen LogP contribution in [0.15, 0.2) is 30.3 Å². The third kappa shape index (κ3) is 3.90. The molecule has 0 bridgehead atoms. The average molecular weight is 275 g/mol. The summed E-state index contributed by atoms with van der Waals surface area (Å²) in [5.41, 5.74) is 1.08. The maximum absolute atomic E-state index is 11.6. The van der Waals surface area contributed by atoms with E-state index >= 15 is 0 Å². The molecule has 2 rings (SSSR count). The van der Waals surface area contributed by atoms with E-state index in [4.69, 9.17) is 4.74 Å². The number of ether oxygens (including phenoxy) is 1. The van der Waals surface area contributed by atoms with E-state index in [0.29, 0.717) is 19.3 Å². The van der Waals surface area contributed by atoms with E-state index < -0.39 is 0 Å². The Balaban J connectivity index is 2.06. The summed E-state index contributed by atoms with van der Waals surface area (Å²) in [6.45, 7) is 7.52. The summed E-state index contributed by atoms with van der Waals surface area (Å²) in [6.07, 6.45) is 2.85. The molecule has 0 saturated carbocycles. The van der Waals surface area contributed by atoms with Crippen molar-refractivity contribution in [3.8, 4) is 0 Å². The van der Waals surface area contributed by atoms with Crippen LogP contribution in [0.25, 0.3) is 0 Å². The number of carbonyl (C=O) groups excluding carboxylic acids is 1. The summed E-state index contributed by atoms with van der Waals surface area (Å²) in [7, 11) is 0. The molecule has 0 atom stereocenters. The van der Waals surface area contributed by atoms with Crippen LogP contribution in [-0.2, 0) is 16.1 Å². The fourth-order valence-electron chi connectivity index (χ4n) is 2.73. The molecule has 1 heterocycles. The second-order valence-corrected chi connectivity index (χ2v) is 6.08. The monoisotopic (exact) mass is 275 g/mol. The zero-order chi connectivity index (χ0) is 14.4. The predicted octanol–water partition coefficient (Wildman–Crippen LogP) is 2.89. The minimum Gasteiger partial charge on any atom is -0.381 e. The van der Waals surface area contributed by atoms with Crippen molar-refractivity contribution in [1.82, 2.24) is 4.90 Å². The normalized spacial score (nSPS) is 18.4. The van der Waals surface area contributed by atoms with Gasteiger partial charge in [0.15, 0.2) is 0 Å². The molecule has 1 fully saturated rings. The van der Waals surface area contributed by atoms with Gasteiger partial charge in [0.2, 0.25) is 0 Å². The zero-order valence-corrected chi connectivity index (χ0v) is 12.5. The van der Waals surface area contributed by atoms with Crippen LogP contribution in [0.2, 0.25) is 0 Å². The van der Waals surface area contributed by atoms with Gasteiger partial charge in [-0.2, -0.15) is 0 Å². The third-order valence-corrected chi connectivity index (χ3v) is 4.22. The first-order chi connectivity index (χ1) is 9.65. The van der Waals surface area contributed by atoms with Crippen LogP contribution >= 0.6 is 0 Å². The number of hydrogen-bond acceptors (Lipinski definition) is 3. The Labute approximate surface area is 121 Å².